The average molecular weight is 199 g/mol. The smallest absolute Gasteiger partial charge is 0.123 e. The molecule has 0 fully saturated rings. The van der Waals surface area contributed by atoms with E-state index in [2.05, 4.69) is 33.8 Å². The molecule has 0 unspecified atom stereocenters. The molecule has 2 nitrogen and oxygen atoms in total. The highest BCUT2D eigenvalue weighted by Gasteiger charge is 2.13. The molecule has 84 valence electrons. The maximum absolute atomic E-state index is 5.70. The molecular formula is C12H25NO. The summed E-state index contributed by atoms with van der Waals surface area (Å²) in [6.07, 6.45) is 4.50. The molecule has 0 saturated heterocycles. The van der Waals surface area contributed by atoms with Crippen LogP contribution in [0.3, 0.4) is 0 Å². The maximum atomic E-state index is 5.70. The van der Waals surface area contributed by atoms with E-state index < -0.39 is 0 Å². The van der Waals surface area contributed by atoms with Gasteiger partial charge in [0.1, 0.15) is 5.76 Å². The molecule has 0 rings (SSSR count). The summed E-state index contributed by atoms with van der Waals surface area (Å²) in [6.45, 7) is 8.78. The molecule has 0 aliphatic carbocycles. The van der Waals surface area contributed by atoms with E-state index in [1.165, 1.54) is 0 Å². The quantitative estimate of drug-likeness (QED) is 0.480. The summed E-state index contributed by atoms with van der Waals surface area (Å²) in [6, 6.07) is 0. The van der Waals surface area contributed by atoms with E-state index >= 15 is 0 Å². The summed E-state index contributed by atoms with van der Waals surface area (Å²) in [5, 5.41) is 1.77. The first-order chi connectivity index (χ1) is 6.51. The number of nitrogens with zero attached hydrogens (tertiary/aromatic N) is 1. The molecule has 0 amide bonds. The molecule has 0 aliphatic rings. The van der Waals surface area contributed by atoms with Crippen LogP contribution in [0.1, 0.15) is 40.5 Å². The fourth-order valence-electron chi connectivity index (χ4n) is 1.47. The zero-order valence-electron chi connectivity index (χ0n) is 10.5. The van der Waals surface area contributed by atoms with Crippen molar-refractivity contribution in [2.45, 2.75) is 40.5 Å². The molecule has 0 aromatic heterocycles. The number of rotatable bonds is 6. The first kappa shape index (κ1) is 13.5. The molecule has 0 radical (unpaired) electrons. The molecule has 14 heavy (non-hydrogen) atoms. The lowest BCUT2D eigenvalue weighted by molar-refractivity contribution is -0.0869. The standard InChI is InChI=1S/C12H25NO/c1-7-11(8-2)12(9-10(3)4)14-13(5)6/h9-11H,7-8H2,1-6H3/b12-9-. The molecule has 0 spiro atoms. The highest BCUT2D eigenvalue weighted by molar-refractivity contribution is 4.99. The highest BCUT2D eigenvalue weighted by Crippen LogP contribution is 2.22. The lowest BCUT2D eigenvalue weighted by Gasteiger charge is -2.22. The van der Waals surface area contributed by atoms with Crippen LogP contribution in [0.4, 0.5) is 0 Å². The summed E-state index contributed by atoms with van der Waals surface area (Å²) >= 11 is 0. The molecule has 0 heterocycles. The molecule has 0 bridgehead atoms. The van der Waals surface area contributed by atoms with Crippen LogP contribution in [0.15, 0.2) is 11.8 Å². The second-order valence-electron chi connectivity index (χ2n) is 4.23. The van der Waals surface area contributed by atoms with Gasteiger partial charge in [0.2, 0.25) is 0 Å². The Bertz CT molecular complexity index is 169. The van der Waals surface area contributed by atoms with E-state index in [0.717, 1.165) is 18.6 Å². The van der Waals surface area contributed by atoms with Crippen molar-refractivity contribution >= 4 is 0 Å². The molecule has 0 atom stereocenters. The second kappa shape index (κ2) is 6.88. The van der Waals surface area contributed by atoms with E-state index in [4.69, 9.17) is 4.84 Å². The predicted octanol–water partition coefficient (Wildman–Crippen LogP) is 3.46. The van der Waals surface area contributed by atoms with E-state index in [-0.39, 0.29) is 0 Å². The van der Waals surface area contributed by atoms with Crippen LogP contribution in [0.5, 0.6) is 0 Å². The monoisotopic (exact) mass is 199 g/mol. The Morgan fingerprint density at radius 2 is 1.71 bits per heavy atom. The molecular weight excluding hydrogens is 174 g/mol. The highest BCUT2D eigenvalue weighted by atomic mass is 16.7. The van der Waals surface area contributed by atoms with Gasteiger partial charge in [0.15, 0.2) is 0 Å². The lowest BCUT2D eigenvalue weighted by Crippen LogP contribution is -2.17. The Labute approximate surface area is 88.9 Å². The molecule has 0 saturated carbocycles. The van der Waals surface area contributed by atoms with Crippen LogP contribution in [0, 0.1) is 11.8 Å². The first-order valence-corrected chi connectivity index (χ1v) is 5.58. The summed E-state index contributed by atoms with van der Waals surface area (Å²) < 4.78 is 0. The minimum absolute atomic E-state index is 0.547. The van der Waals surface area contributed by atoms with E-state index in [9.17, 15) is 0 Å². The Balaban J connectivity index is 4.52. The number of hydrogen-bond acceptors (Lipinski definition) is 2. The molecule has 2 heteroatoms. The van der Waals surface area contributed by atoms with Gasteiger partial charge in [-0.1, -0.05) is 27.7 Å². The predicted molar refractivity (Wildman–Crippen MR) is 61.8 cm³/mol. The minimum atomic E-state index is 0.547. The third-order valence-electron chi connectivity index (χ3n) is 2.17. The van der Waals surface area contributed by atoms with Gasteiger partial charge in [-0.25, -0.2) is 0 Å². The summed E-state index contributed by atoms with van der Waals surface area (Å²) in [5.74, 6) is 2.22. The summed E-state index contributed by atoms with van der Waals surface area (Å²) in [4.78, 5) is 5.70. The van der Waals surface area contributed by atoms with Crippen LogP contribution < -0.4 is 0 Å². The summed E-state index contributed by atoms with van der Waals surface area (Å²) in [7, 11) is 3.85. The third-order valence-corrected chi connectivity index (χ3v) is 2.17. The minimum Gasteiger partial charge on any atom is -0.411 e. The largest absolute Gasteiger partial charge is 0.411 e. The van der Waals surface area contributed by atoms with Gasteiger partial charge in [0.25, 0.3) is 0 Å². The first-order valence-electron chi connectivity index (χ1n) is 5.58. The van der Waals surface area contributed by atoms with Crippen LogP contribution in [-0.4, -0.2) is 19.2 Å². The van der Waals surface area contributed by atoms with Gasteiger partial charge < -0.3 is 4.84 Å². The van der Waals surface area contributed by atoms with Gasteiger partial charge in [0.05, 0.1) is 0 Å². The zero-order valence-corrected chi connectivity index (χ0v) is 10.5. The summed E-state index contributed by atoms with van der Waals surface area (Å²) in [5.41, 5.74) is 0. The fraction of sp³-hybridized carbons (Fsp3) is 0.833. The topological polar surface area (TPSA) is 12.5 Å². The maximum Gasteiger partial charge on any atom is 0.123 e. The van der Waals surface area contributed by atoms with Gasteiger partial charge in [-0.15, -0.1) is 0 Å². The number of hydroxylamine groups is 2. The molecule has 0 N–H and O–H groups in total. The van der Waals surface area contributed by atoms with Crippen molar-refractivity contribution in [2.75, 3.05) is 14.1 Å². The van der Waals surface area contributed by atoms with Crippen LogP contribution in [-0.2, 0) is 4.84 Å². The van der Waals surface area contributed by atoms with Gasteiger partial charge in [-0.05, 0) is 24.8 Å². The molecule has 0 aromatic rings. The Morgan fingerprint density at radius 3 is 2.00 bits per heavy atom. The van der Waals surface area contributed by atoms with Crippen LogP contribution >= 0.6 is 0 Å². The van der Waals surface area contributed by atoms with Gasteiger partial charge >= 0.3 is 0 Å². The molecule has 0 aliphatic heterocycles. The zero-order chi connectivity index (χ0) is 11.1. The van der Waals surface area contributed by atoms with Gasteiger partial charge in [0, 0.05) is 20.0 Å². The SMILES string of the molecule is CCC(CC)/C(=C/C(C)C)ON(C)C. The van der Waals surface area contributed by atoms with Gasteiger partial charge in [-0.2, -0.15) is 5.06 Å². The Morgan fingerprint density at radius 1 is 1.21 bits per heavy atom. The van der Waals surface area contributed by atoms with Crippen LogP contribution in [0.25, 0.3) is 0 Å². The van der Waals surface area contributed by atoms with Gasteiger partial charge in [-0.3, -0.25) is 0 Å². The van der Waals surface area contributed by atoms with Crippen LogP contribution in [0.2, 0.25) is 0 Å². The number of hydrogen-bond donors (Lipinski definition) is 0. The van der Waals surface area contributed by atoms with Crippen molar-refractivity contribution in [1.29, 1.82) is 0 Å². The van der Waals surface area contributed by atoms with E-state index in [1.54, 1.807) is 5.06 Å². The Hall–Kier alpha value is -0.500. The average Bonchev–Trinajstić information content (AvgIpc) is 2.03. The van der Waals surface area contributed by atoms with E-state index in [0.29, 0.717) is 11.8 Å². The van der Waals surface area contributed by atoms with Crippen molar-refractivity contribution < 1.29 is 4.84 Å². The fourth-order valence-corrected chi connectivity index (χ4v) is 1.47. The van der Waals surface area contributed by atoms with Crippen molar-refractivity contribution in [1.82, 2.24) is 5.06 Å². The van der Waals surface area contributed by atoms with E-state index in [1.807, 2.05) is 14.1 Å². The molecule has 0 aromatic carbocycles. The number of allylic oxidation sites excluding steroid dienone is 2. The van der Waals surface area contributed by atoms with Crippen molar-refractivity contribution in [3.8, 4) is 0 Å². The lowest BCUT2D eigenvalue weighted by atomic mass is 9.98. The van der Waals surface area contributed by atoms with Crippen molar-refractivity contribution in [2.24, 2.45) is 11.8 Å². The van der Waals surface area contributed by atoms with Crippen molar-refractivity contribution in [3.63, 3.8) is 0 Å². The normalized spacial score (nSPS) is 13.1. The third kappa shape index (κ3) is 5.28. The Kier molecular flexibility index (Phi) is 6.64. The second-order valence-corrected chi connectivity index (χ2v) is 4.23. The van der Waals surface area contributed by atoms with Crippen molar-refractivity contribution in [3.05, 3.63) is 11.8 Å².